The van der Waals surface area contributed by atoms with Gasteiger partial charge in [0, 0.05) is 12.1 Å². The van der Waals surface area contributed by atoms with Crippen LogP contribution in [0, 0.1) is 12.3 Å². The highest BCUT2D eigenvalue weighted by Crippen LogP contribution is 2.40. The van der Waals surface area contributed by atoms with Crippen LogP contribution in [0.5, 0.6) is 0 Å². The molecule has 2 aromatic carbocycles. The Morgan fingerprint density at radius 3 is 2.47 bits per heavy atom. The van der Waals surface area contributed by atoms with E-state index < -0.39 is 17.1 Å². The predicted octanol–water partition coefficient (Wildman–Crippen LogP) is 3.87. The third-order valence-electron chi connectivity index (χ3n) is 5.40. The van der Waals surface area contributed by atoms with Crippen LogP contribution in [0.25, 0.3) is 0 Å². The van der Waals surface area contributed by atoms with E-state index in [-0.39, 0.29) is 22.8 Å². The van der Waals surface area contributed by atoms with E-state index in [0.717, 1.165) is 11.3 Å². The minimum Gasteiger partial charge on any atom is -0.464 e. The molecule has 4 N–H and O–H groups in total. The van der Waals surface area contributed by atoms with Gasteiger partial charge in [0.05, 0.1) is 16.8 Å². The van der Waals surface area contributed by atoms with Crippen molar-refractivity contribution in [2.75, 3.05) is 10.6 Å². The lowest BCUT2D eigenvalue weighted by Gasteiger charge is -2.32. The highest BCUT2D eigenvalue weighted by molar-refractivity contribution is 6.33. The second-order valence-electron chi connectivity index (χ2n) is 8.70. The summed E-state index contributed by atoms with van der Waals surface area (Å²) in [6.45, 7) is 8.40. The fourth-order valence-electron chi connectivity index (χ4n) is 3.78. The normalized spacial score (nSPS) is 17.2. The average molecular weight is 430 g/mol. The zero-order valence-corrected chi connectivity index (χ0v) is 18.0. The fraction of sp³-hybridized carbons (Fsp3) is 0.364. The third kappa shape index (κ3) is 3.43. The number of benzene rings is 1. The van der Waals surface area contributed by atoms with Crippen LogP contribution in [-0.2, 0) is 6.54 Å². The van der Waals surface area contributed by atoms with Crippen molar-refractivity contribution in [3.8, 4) is 0 Å². The summed E-state index contributed by atoms with van der Waals surface area (Å²) in [6.07, 6.45) is -0.905. The number of hydrogen-bond donors (Lipinski definition) is 4. The molecule has 158 valence electrons. The number of halogens is 1. The molecule has 0 radical (unpaired) electrons. The van der Waals surface area contributed by atoms with Crippen LogP contribution in [0.15, 0.2) is 38.3 Å². The van der Waals surface area contributed by atoms with Crippen molar-refractivity contribution in [1.82, 2.24) is 5.32 Å². The van der Waals surface area contributed by atoms with Gasteiger partial charge in [-0.3, -0.25) is 14.9 Å². The van der Waals surface area contributed by atoms with Gasteiger partial charge in [0.15, 0.2) is 0 Å². The summed E-state index contributed by atoms with van der Waals surface area (Å²) in [5.41, 5.74) is 0.662. The van der Waals surface area contributed by atoms with Gasteiger partial charge in [0.25, 0.3) is 10.9 Å². The molecule has 4 rings (SSSR count). The Kier molecular flexibility index (Phi) is 5.00. The Balaban J connectivity index is 1.71. The SMILES string of the molecule is Cc1ccc([C@H](Nc2c(Nc3c(Cl)ccc4c3C(O)NC4)c(=O)c2=O)C(C)(C)C)o1. The first-order valence-corrected chi connectivity index (χ1v) is 10.1. The minimum atomic E-state index is -0.905. The number of fused-ring (bicyclic) bond motifs is 1. The van der Waals surface area contributed by atoms with Gasteiger partial charge in [-0.1, -0.05) is 38.4 Å². The number of nitrogens with one attached hydrogen (secondary N) is 3. The number of rotatable bonds is 5. The van der Waals surface area contributed by atoms with Gasteiger partial charge in [0.1, 0.15) is 29.1 Å². The molecular formula is C22H24ClN3O4. The zero-order valence-electron chi connectivity index (χ0n) is 17.2. The number of hydrogen-bond acceptors (Lipinski definition) is 7. The van der Waals surface area contributed by atoms with Crippen molar-refractivity contribution in [3.63, 3.8) is 0 Å². The highest BCUT2D eigenvalue weighted by atomic mass is 35.5. The second-order valence-corrected chi connectivity index (χ2v) is 9.11. The minimum absolute atomic E-state index is 0.131. The molecule has 0 fully saturated rings. The Bertz CT molecular complexity index is 1180. The lowest BCUT2D eigenvalue weighted by Crippen LogP contribution is -2.39. The second kappa shape index (κ2) is 7.27. The van der Waals surface area contributed by atoms with Crippen molar-refractivity contribution >= 4 is 28.7 Å². The van der Waals surface area contributed by atoms with Crippen LogP contribution in [0.1, 0.15) is 55.7 Å². The van der Waals surface area contributed by atoms with E-state index in [2.05, 4.69) is 16.0 Å². The number of anilines is 3. The molecule has 8 heteroatoms. The third-order valence-corrected chi connectivity index (χ3v) is 5.72. The molecule has 0 saturated heterocycles. The smallest absolute Gasteiger partial charge is 0.253 e. The van der Waals surface area contributed by atoms with Gasteiger partial charge in [-0.2, -0.15) is 0 Å². The summed E-state index contributed by atoms with van der Waals surface area (Å²) in [5.74, 6) is 1.44. The van der Waals surface area contributed by atoms with E-state index in [1.54, 1.807) is 6.07 Å². The Labute approximate surface area is 178 Å². The Hall–Kier alpha value is -2.61. The quantitative estimate of drug-likeness (QED) is 0.456. The first kappa shape index (κ1) is 20.7. The van der Waals surface area contributed by atoms with E-state index in [0.29, 0.717) is 28.6 Å². The van der Waals surface area contributed by atoms with Crippen LogP contribution in [0.3, 0.4) is 0 Å². The van der Waals surface area contributed by atoms with E-state index in [9.17, 15) is 14.7 Å². The molecule has 3 aromatic rings. The van der Waals surface area contributed by atoms with Crippen molar-refractivity contribution in [3.05, 3.63) is 72.4 Å². The average Bonchev–Trinajstić information content (AvgIpc) is 3.27. The molecule has 1 aromatic heterocycles. The molecule has 1 unspecified atom stereocenters. The number of furan rings is 1. The van der Waals surface area contributed by atoms with E-state index in [1.807, 2.05) is 45.9 Å². The zero-order chi connectivity index (χ0) is 21.8. The largest absolute Gasteiger partial charge is 0.464 e. The van der Waals surface area contributed by atoms with Gasteiger partial charge in [-0.15, -0.1) is 0 Å². The highest BCUT2D eigenvalue weighted by Gasteiger charge is 2.34. The molecule has 0 aliphatic carbocycles. The number of aryl methyl sites for hydroxylation is 1. The molecule has 1 aliphatic heterocycles. The van der Waals surface area contributed by atoms with Gasteiger partial charge in [0.2, 0.25) is 0 Å². The maximum atomic E-state index is 12.4. The van der Waals surface area contributed by atoms with Gasteiger partial charge < -0.3 is 20.2 Å². The summed E-state index contributed by atoms with van der Waals surface area (Å²) in [6, 6.07) is 6.91. The molecule has 2 heterocycles. The monoisotopic (exact) mass is 429 g/mol. The lowest BCUT2D eigenvalue weighted by molar-refractivity contribution is 0.152. The van der Waals surface area contributed by atoms with E-state index >= 15 is 0 Å². The standard InChI is InChI=1S/C22H24ClN3O4/c1-10-5-8-13(30-10)20(22(2,3)4)26-17-16(18(27)19(17)28)25-15-12(23)7-6-11-9-24-21(29)14(11)15/h5-8,20-21,24-26,29H,9H2,1-4H3/t20-,21?/m0/s1. The maximum absolute atomic E-state index is 12.4. The van der Waals surface area contributed by atoms with Crippen molar-refractivity contribution in [2.24, 2.45) is 5.41 Å². The summed E-state index contributed by atoms with van der Waals surface area (Å²) in [4.78, 5) is 24.8. The van der Waals surface area contributed by atoms with Crippen LogP contribution < -0.4 is 26.8 Å². The Morgan fingerprint density at radius 1 is 1.13 bits per heavy atom. The molecule has 0 amide bonds. The van der Waals surface area contributed by atoms with Crippen LogP contribution in [0.2, 0.25) is 5.02 Å². The van der Waals surface area contributed by atoms with Crippen molar-refractivity contribution in [1.29, 1.82) is 0 Å². The summed E-state index contributed by atoms with van der Waals surface area (Å²) in [5, 5.41) is 19.8. The number of aliphatic hydroxyl groups excluding tert-OH is 1. The molecular weight excluding hydrogens is 406 g/mol. The molecule has 7 nitrogen and oxygen atoms in total. The predicted molar refractivity (Wildman–Crippen MR) is 117 cm³/mol. The summed E-state index contributed by atoms with van der Waals surface area (Å²) < 4.78 is 5.79. The van der Waals surface area contributed by atoms with Crippen LogP contribution >= 0.6 is 11.6 Å². The topological polar surface area (TPSA) is 104 Å². The molecule has 1 aliphatic rings. The molecule has 0 saturated carbocycles. The lowest BCUT2D eigenvalue weighted by atomic mass is 9.85. The summed E-state index contributed by atoms with van der Waals surface area (Å²) >= 11 is 6.35. The van der Waals surface area contributed by atoms with Gasteiger partial charge in [-0.05, 0) is 36.1 Å². The Morgan fingerprint density at radius 2 is 1.83 bits per heavy atom. The van der Waals surface area contributed by atoms with Crippen molar-refractivity contribution in [2.45, 2.75) is 46.5 Å². The maximum Gasteiger partial charge on any atom is 0.253 e. The molecule has 2 atom stereocenters. The first-order chi connectivity index (χ1) is 14.1. The van der Waals surface area contributed by atoms with Crippen molar-refractivity contribution < 1.29 is 9.52 Å². The number of aliphatic hydroxyl groups is 1. The molecule has 0 bridgehead atoms. The fourth-order valence-corrected chi connectivity index (χ4v) is 3.99. The summed E-state index contributed by atoms with van der Waals surface area (Å²) in [7, 11) is 0. The van der Waals surface area contributed by atoms with Crippen LogP contribution in [0.4, 0.5) is 17.1 Å². The molecule has 30 heavy (non-hydrogen) atoms. The van der Waals surface area contributed by atoms with E-state index in [1.165, 1.54) is 0 Å². The molecule has 0 spiro atoms. The van der Waals surface area contributed by atoms with Crippen LogP contribution in [-0.4, -0.2) is 5.11 Å². The van der Waals surface area contributed by atoms with E-state index in [4.69, 9.17) is 16.0 Å². The van der Waals surface area contributed by atoms with Gasteiger partial charge >= 0.3 is 0 Å². The van der Waals surface area contributed by atoms with Gasteiger partial charge in [-0.25, -0.2) is 0 Å². The first-order valence-electron chi connectivity index (χ1n) is 9.74.